The first-order chi connectivity index (χ1) is 10.8. The van der Waals surface area contributed by atoms with Crippen LogP contribution in [-0.2, 0) is 19.8 Å². The van der Waals surface area contributed by atoms with E-state index in [-0.39, 0.29) is 18.5 Å². The number of aliphatic carboxylic acids is 1. The molecule has 0 aliphatic carbocycles. The summed E-state index contributed by atoms with van der Waals surface area (Å²) in [5.74, 6) is -2.77. The van der Waals surface area contributed by atoms with Gasteiger partial charge in [-0.05, 0) is 31.8 Å². The number of carboxylic acid groups (broad SMARTS) is 1. The van der Waals surface area contributed by atoms with Gasteiger partial charge in [0, 0.05) is 19.5 Å². The predicted octanol–water partition coefficient (Wildman–Crippen LogP) is 0.859. The summed E-state index contributed by atoms with van der Waals surface area (Å²) in [6, 6.07) is 5.24. The molecule has 0 bridgehead atoms. The van der Waals surface area contributed by atoms with E-state index in [1.165, 1.54) is 18.2 Å². The molecule has 1 saturated heterocycles. The van der Waals surface area contributed by atoms with Crippen LogP contribution in [0.1, 0.15) is 18.4 Å². The van der Waals surface area contributed by atoms with Crippen LogP contribution in [0.4, 0.5) is 4.39 Å². The van der Waals surface area contributed by atoms with Crippen molar-refractivity contribution in [2.24, 2.45) is 0 Å². The number of carboxylic acids is 1. The lowest BCUT2D eigenvalue weighted by molar-refractivity contribution is -0.145. The third-order valence-corrected chi connectivity index (χ3v) is 4.01. The highest BCUT2D eigenvalue weighted by molar-refractivity contribution is 6.10. The summed E-state index contributed by atoms with van der Waals surface area (Å²) in [6.45, 7) is 0.658. The Balaban J connectivity index is 2.41. The zero-order valence-electron chi connectivity index (χ0n) is 13.1. The van der Waals surface area contributed by atoms with Crippen LogP contribution < -0.4 is 0 Å². The Morgan fingerprint density at radius 2 is 2.09 bits per heavy atom. The van der Waals surface area contributed by atoms with Gasteiger partial charge in [-0.1, -0.05) is 12.1 Å². The van der Waals surface area contributed by atoms with Crippen LogP contribution in [0, 0.1) is 5.82 Å². The summed E-state index contributed by atoms with van der Waals surface area (Å²) in [5.41, 5.74) is -1.30. The van der Waals surface area contributed by atoms with E-state index in [0.29, 0.717) is 6.54 Å². The fraction of sp³-hybridized carbons (Fsp3) is 0.438. The smallest absolute Gasteiger partial charge is 0.304 e. The summed E-state index contributed by atoms with van der Waals surface area (Å²) in [6.07, 6.45) is -0.797. The van der Waals surface area contributed by atoms with Crippen molar-refractivity contribution >= 4 is 17.8 Å². The maximum absolute atomic E-state index is 13.5. The third kappa shape index (κ3) is 3.39. The summed E-state index contributed by atoms with van der Waals surface area (Å²) in [7, 11) is 3.62. The molecule has 1 fully saturated rings. The molecule has 2 rings (SSSR count). The maximum atomic E-state index is 13.5. The second-order valence-electron chi connectivity index (χ2n) is 5.99. The SMILES string of the molecule is CN(C)CCN1C(=O)C[C@](CC(=O)O)(c2cccc(F)c2)C1=O. The minimum Gasteiger partial charge on any atom is -0.481 e. The fourth-order valence-electron chi connectivity index (χ4n) is 2.84. The van der Waals surface area contributed by atoms with Crippen molar-refractivity contribution in [3.8, 4) is 0 Å². The number of likely N-dealkylation sites (tertiary alicyclic amines) is 1. The molecule has 23 heavy (non-hydrogen) atoms. The van der Waals surface area contributed by atoms with E-state index in [9.17, 15) is 23.9 Å². The molecule has 1 atom stereocenters. The van der Waals surface area contributed by atoms with Crippen molar-refractivity contribution in [1.82, 2.24) is 9.80 Å². The van der Waals surface area contributed by atoms with Gasteiger partial charge >= 0.3 is 5.97 Å². The van der Waals surface area contributed by atoms with Crippen molar-refractivity contribution in [3.05, 3.63) is 35.6 Å². The van der Waals surface area contributed by atoms with Crippen LogP contribution in [0.15, 0.2) is 24.3 Å². The highest BCUT2D eigenvalue weighted by atomic mass is 19.1. The number of halogens is 1. The lowest BCUT2D eigenvalue weighted by atomic mass is 9.76. The van der Waals surface area contributed by atoms with Gasteiger partial charge in [0.25, 0.3) is 0 Å². The molecule has 1 aliphatic heterocycles. The predicted molar refractivity (Wildman–Crippen MR) is 80.2 cm³/mol. The zero-order valence-corrected chi connectivity index (χ0v) is 13.1. The van der Waals surface area contributed by atoms with Gasteiger partial charge in [0.05, 0.1) is 11.8 Å². The summed E-state index contributed by atoms with van der Waals surface area (Å²) in [4.78, 5) is 39.2. The number of hydrogen-bond donors (Lipinski definition) is 1. The van der Waals surface area contributed by atoms with Gasteiger partial charge < -0.3 is 10.0 Å². The quantitative estimate of drug-likeness (QED) is 0.786. The van der Waals surface area contributed by atoms with Crippen LogP contribution in [0.5, 0.6) is 0 Å². The van der Waals surface area contributed by atoms with E-state index < -0.39 is 35.4 Å². The number of amides is 2. The fourth-order valence-corrected chi connectivity index (χ4v) is 2.84. The molecule has 1 N–H and O–H groups in total. The van der Waals surface area contributed by atoms with E-state index in [1.807, 2.05) is 19.0 Å². The average molecular weight is 322 g/mol. The maximum Gasteiger partial charge on any atom is 0.304 e. The Hall–Kier alpha value is -2.28. The molecule has 1 aliphatic rings. The molecule has 1 aromatic rings. The van der Waals surface area contributed by atoms with E-state index >= 15 is 0 Å². The number of carbonyl (C=O) groups excluding carboxylic acids is 2. The number of nitrogens with zero attached hydrogens (tertiary/aromatic N) is 2. The molecule has 1 aromatic carbocycles. The molecule has 0 unspecified atom stereocenters. The molecule has 7 heteroatoms. The lowest BCUT2D eigenvalue weighted by Gasteiger charge is -2.26. The first-order valence-electron chi connectivity index (χ1n) is 7.23. The standard InChI is InChI=1S/C16H19FN2O4/c1-18(2)6-7-19-13(20)9-16(15(19)23,10-14(21)22)11-4-3-5-12(17)8-11/h3-5,8H,6-7,9-10H2,1-2H3,(H,21,22)/t16-/m0/s1. The van der Waals surface area contributed by atoms with Crippen molar-refractivity contribution < 1.29 is 23.9 Å². The Labute approximate surface area is 133 Å². The van der Waals surface area contributed by atoms with Gasteiger partial charge in [0.2, 0.25) is 11.8 Å². The monoisotopic (exact) mass is 322 g/mol. The molecule has 0 aromatic heterocycles. The van der Waals surface area contributed by atoms with E-state index in [0.717, 1.165) is 11.0 Å². The van der Waals surface area contributed by atoms with E-state index in [4.69, 9.17) is 0 Å². The summed E-state index contributed by atoms with van der Waals surface area (Å²) in [5, 5.41) is 9.19. The number of imide groups is 1. The van der Waals surface area contributed by atoms with Crippen molar-refractivity contribution in [2.75, 3.05) is 27.2 Å². The molecule has 0 spiro atoms. The third-order valence-electron chi connectivity index (χ3n) is 4.01. The Morgan fingerprint density at radius 3 is 2.65 bits per heavy atom. The van der Waals surface area contributed by atoms with Gasteiger partial charge in [0.1, 0.15) is 5.82 Å². The topological polar surface area (TPSA) is 77.9 Å². The number of hydrogen-bond acceptors (Lipinski definition) is 4. The van der Waals surface area contributed by atoms with Crippen molar-refractivity contribution in [2.45, 2.75) is 18.3 Å². The van der Waals surface area contributed by atoms with Crippen LogP contribution in [-0.4, -0.2) is 59.9 Å². The highest BCUT2D eigenvalue weighted by Crippen LogP contribution is 2.40. The van der Waals surface area contributed by atoms with Crippen LogP contribution in [0.3, 0.4) is 0 Å². The molecule has 124 valence electrons. The highest BCUT2D eigenvalue weighted by Gasteiger charge is 2.53. The lowest BCUT2D eigenvalue weighted by Crippen LogP contribution is -2.42. The van der Waals surface area contributed by atoms with Gasteiger partial charge in [-0.15, -0.1) is 0 Å². The minimum atomic E-state index is -1.53. The Morgan fingerprint density at radius 1 is 1.39 bits per heavy atom. The van der Waals surface area contributed by atoms with Gasteiger partial charge in [-0.3, -0.25) is 19.3 Å². The first-order valence-corrected chi connectivity index (χ1v) is 7.23. The number of benzene rings is 1. The number of likely N-dealkylation sites (N-methyl/N-ethyl adjacent to an activating group) is 1. The molecular formula is C16H19FN2O4. The molecule has 0 saturated carbocycles. The largest absolute Gasteiger partial charge is 0.481 e. The molecule has 0 radical (unpaired) electrons. The van der Waals surface area contributed by atoms with E-state index in [2.05, 4.69) is 0 Å². The Kier molecular flexibility index (Phi) is 4.79. The van der Waals surface area contributed by atoms with Gasteiger partial charge in [-0.25, -0.2) is 4.39 Å². The molecule has 1 heterocycles. The molecular weight excluding hydrogens is 303 g/mol. The van der Waals surface area contributed by atoms with E-state index in [1.54, 1.807) is 0 Å². The van der Waals surface area contributed by atoms with Crippen molar-refractivity contribution in [1.29, 1.82) is 0 Å². The number of carbonyl (C=O) groups is 3. The normalized spacial score (nSPS) is 21.3. The average Bonchev–Trinajstić information content (AvgIpc) is 2.68. The van der Waals surface area contributed by atoms with Crippen LogP contribution >= 0.6 is 0 Å². The molecule has 6 nitrogen and oxygen atoms in total. The number of rotatable bonds is 6. The van der Waals surface area contributed by atoms with Crippen LogP contribution in [0.2, 0.25) is 0 Å². The molecule has 2 amide bonds. The minimum absolute atomic E-state index is 0.182. The summed E-state index contributed by atoms with van der Waals surface area (Å²) >= 11 is 0. The van der Waals surface area contributed by atoms with Gasteiger partial charge in [0.15, 0.2) is 0 Å². The first kappa shape index (κ1) is 17.1. The van der Waals surface area contributed by atoms with Crippen molar-refractivity contribution in [3.63, 3.8) is 0 Å². The zero-order chi connectivity index (χ0) is 17.2. The second kappa shape index (κ2) is 6.45. The summed E-state index contributed by atoms with van der Waals surface area (Å²) < 4.78 is 13.5. The second-order valence-corrected chi connectivity index (χ2v) is 5.99. The van der Waals surface area contributed by atoms with Crippen LogP contribution in [0.25, 0.3) is 0 Å². The Bertz CT molecular complexity index is 647. The van der Waals surface area contributed by atoms with Gasteiger partial charge in [-0.2, -0.15) is 0 Å².